The summed E-state index contributed by atoms with van der Waals surface area (Å²) in [7, 11) is 0. The van der Waals surface area contributed by atoms with Gasteiger partial charge < -0.3 is 14.7 Å². The van der Waals surface area contributed by atoms with Crippen molar-refractivity contribution in [1.29, 1.82) is 0 Å². The summed E-state index contributed by atoms with van der Waals surface area (Å²) in [6, 6.07) is 4.46. The molecule has 1 aromatic carbocycles. The highest BCUT2D eigenvalue weighted by atomic mass is 19.4. The molecule has 1 amide bonds. The molecule has 1 fully saturated rings. The summed E-state index contributed by atoms with van der Waals surface area (Å²) in [4.78, 5) is 13.9. The molecular formula is C15H18F3NO3. The van der Waals surface area contributed by atoms with Crippen LogP contribution in [0, 0.1) is 0 Å². The second-order valence-corrected chi connectivity index (χ2v) is 5.40. The molecule has 0 spiro atoms. The summed E-state index contributed by atoms with van der Waals surface area (Å²) < 4.78 is 42.8. The van der Waals surface area contributed by atoms with Crippen molar-refractivity contribution in [2.45, 2.75) is 31.7 Å². The van der Waals surface area contributed by atoms with Crippen LogP contribution < -0.4 is 0 Å². The van der Waals surface area contributed by atoms with Crippen LogP contribution in [0.25, 0.3) is 0 Å². The predicted molar refractivity (Wildman–Crippen MR) is 73.1 cm³/mol. The first-order valence-electron chi connectivity index (χ1n) is 6.99. The Kier molecular flexibility index (Phi) is 5.08. The van der Waals surface area contributed by atoms with Crippen LogP contribution >= 0.6 is 0 Å². The summed E-state index contributed by atoms with van der Waals surface area (Å²) in [5, 5.41) is 9.10. The standard InChI is InChI=1S/C15H18F3NO3/c1-10-9-22-13(8-20)7-19(10)14(21)6-11-2-4-12(5-3-11)15(16,17)18/h2-5,10,13,20H,6-9H2,1H3. The van der Waals surface area contributed by atoms with Crippen LogP contribution in [0.1, 0.15) is 18.1 Å². The summed E-state index contributed by atoms with van der Waals surface area (Å²) in [5.41, 5.74) is -0.207. The average molecular weight is 317 g/mol. The first kappa shape index (κ1) is 16.8. The number of alkyl halides is 3. The fourth-order valence-electron chi connectivity index (χ4n) is 2.36. The number of hydrogen-bond acceptors (Lipinski definition) is 3. The van der Waals surface area contributed by atoms with Crippen LogP contribution in [0.2, 0.25) is 0 Å². The molecule has 7 heteroatoms. The van der Waals surface area contributed by atoms with Gasteiger partial charge in [0.1, 0.15) is 0 Å². The van der Waals surface area contributed by atoms with Gasteiger partial charge in [0, 0.05) is 6.54 Å². The van der Waals surface area contributed by atoms with Gasteiger partial charge in [-0.05, 0) is 24.6 Å². The van der Waals surface area contributed by atoms with E-state index in [0.29, 0.717) is 12.2 Å². The Labute approximate surface area is 126 Å². The lowest BCUT2D eigenvalue weighted by Gasteiger charge is -2.37. The van der Waals surface area contributed by atoms with E-state index in [-0.39, 0.29) is 31.5 Å². The quantitative estimate of drug-likeness (QED) is 0.926. The number of aliphatic hydroxyl groups excluding tert-OH is 1. The van der Waals surface area contributed by atoms with E-state index < -0.39 is 17.8 Å². The van der Waals surface area contributed by atoms with Crippen LogP contribution in [0.3, 0.4) is 0 Å². The lowest BCUT2D eigenvalue weighted by molar-refractivity contribution is -0.145. The molecule has 1 aromatic rings. The van der Waals surface area contributed by atoms with Gasteiger partial charge in [0.15, 0.2) is 0 Å². The van der Waals surface area contributed by atoms with E-state index in [1.807, 2.05) is 6.92 Å². The van der Waals surface area contributed by atoms with E-state index >= 15 is 0 Å². The Morgan fingerprint density at radius 2 is 2.00 bits per heavy atom. The van der Waals surface area contributed by atoms with Gasteiger partial charge in [0.05, 0.1) is 37.3 Å². The van der Waals surface area contributed by atoms with Gasteiger partial charge in [-0.15, -0.1) is 0 Å². The lowest BCUT2D eigenvalue weighted by Crippen LogP contribution is -2.52. The lowest BCUT2D eigenvalue weighted by atomic mass is 10.1. The summed E-state index contributed by atoms with van der Waals surface area (Å²) in [6.07, 6.45) is -4.76. The van der Waals surface area contributed by atoms with Crippen molar-refractivity contribution in [3.05, 3.63) is 35.4 Å². The minimum absolute atomic E-state index is 0.0284. The second kappa shape index (κ2) is 6.66. The molecule has 0 saturated carbocycles. The van der Waals surface area contributed by atoms with Crippen LogP contribution in [0.15, 0.2) is 24.3 Å². The van der Waals surface area contributed by atoms with Crippen LogP contribution in [0.5, 0.6) is 0 Å². The maximum absolute atomic E-state index is 12.5. The number of amides is 1. The van der Waals surface area contributed by atoms with Gasteiger partial charge in [0.25, 0.3) is 0 Å². The minimum Gasteiger partial charge on any atom is -0.394 e. The average Bonchev–Trinajstić information content (AvgIpc) is 2.47. The number of aliphatic hydroxyl groups is 1. The van der Waals surface area contributed by atoms with Gasteiger partial charge in [-0.3, -0.25) is 4.79 Å². The summed E-state index contributed by atoms with van der Waals surface area (Å²) in [6.45, 7) is 2.29. The molecule has 0 aromatic heterocycles. The van der Waals surface area contributed by atoms with Gasteiger partial charge in [-0.25, -0.2) is 0 Å². The number of rotatable bonds is 3. The van der Waals surface area contributed by atoms with Crippen molar-refractivity contribution < 1.29 is 27.8 Å². The van der Waals surface area contributed by atoms with E-state index in [1.54, 1.807) is 4.90 Å². The molecule has 22 heavy (non-hydrogen) atoms. The number of halogens is 3. The fourth-order valence-corrected chi connectivity index (χ4v) is 2.36. The van der Waals surface area contributed by atoms with Crippen molar-refractivity contribution in [3.63, 3.8) is 0 Å². The molecule has 1 aliphatic rings. The molecule has 2 unspecified atom stereocenters. The van der Waals surface area contributed by atoms with E-state index in [4.69, 9.17) is 9.84 Å². The highest BCUT2D eigenvalue weighted by Crippen LogP contribution is 2.29. The highest BCUT2D eigenvalue weighted by Gasteiger charge is 2.31. The smallest absolute Gasteiger partial charge is 0.394 e. The maximum Gasteiger partial charge on any atom is 0.416 e. The Bertz CT molecular complexity index is 516. The van der Waals surface area contributed by atoms with Gasteiger partial charge in [-0.2, -0.15) is 13.2 Å². The number of carbonyl (C=O) groups is 1. The summed E-state index contributed by atoms with van der Waals surface area (Å²) >= 11 is 0. The normalized spacial score (nSPS) is 22.7. The van der Waals surface area contributed by atoms with Crippen molar-refractivity contribution in [1.82, 2.24) is 4.90 Å². The minimum atomic E-state index is -4.38. The Balaban J connectivity index is 2.02. The van der Waals surface area contributed by atoms with Gasteiger partial charge >= 0.3 is 6.18 Å². The van der Waals surface area contributed by atoms with E-state index in [9.17, 15) is 18.0 Å². The topological polar surface area (TPSA) is 49.8 Å². The highest BCUT2D eigenvalue weighted by molar-refractivity contribution is 5.79. The maximum atomic E-state index is 12.5. The van der Waals surface area contributed by atoms with Crippen molar-refractivity contribution in [2.75, 3.05) is 19.8 Å². The largest absolute Gasteiger partial charge is 0.416 e. The SMILES string of the molecule is CC1COC(CO)CN1C(=O)Cc1ccc(C(F)(F)F)cc1. The van der Waals surface area contributed by atoms with E-state index in [1.165, 1.54) is 12.1 Å². The monoisotopic (exact) mass is 317 g/mol. The van der Waals surface area contributed by atoms with Crippen LogP contribution in [0.4, 0.5) is 13.2 Å². The number of ether oxygens (including phenoxy) is 1. The molecule has 122 valence electrons. The van der Waals surface area contributed by atoms with E-state index in [2.05, 4.69) is 0 Å². The number of benzene rings is 1. The Hall–Kier alpha value is -1.60. The van der Waals surface area contributed by atoms with Crippen molar-refractivity contribution in [2.24, 2.45) is 0 Å². The number of hydrogen-bond donors (Lipinski definition) is 1. The predicted octanol–water partition coefficient (Wildman–Crippen LogP) is 1.86. The molecule has 1 saturated heterocycles. The Morgan fingerprint density at radius 1 is 1.36 bits per heavy atom. The third-order valence-corrected chi connectivity index (χ3v) is 3.67. The van der Waals surface area contributed by atoms with E-state index in [0.717, 1.165) is 12.1 Å². The molecular weight excluding hydrogens is 299 g/mol. The number of morpholine rings is 1. The molecule has 0 bridgehead atoms. The molecule has 2 atom stereocenters. The number of nitrogens with zero attached hydrogens (tertiary/aromatic N) is 1. The fraction of sp³-hybridized carbons (Fsp3) is 0.533. The molecule has 4 nitrogen and oxygen atoms in total. The molecule has 0 aliphatic carbocycles. The molecule has 1 N–H and O–H groups in total. The van der Waals surface area contributed by atoms with Gasteiger partial charge in [0.2, 0.25) is 5.91 Å². The summed E-state index contributed by atoms with van der Waals surface area (Å²) in [5.74, 6) is -0.186. The van der Waals surface area contributed by atoms with Crippen LogP contribution in [-0.4, -0.2) is 47.8 Å². The third kappa shape index (κ3) is 3.98. The zero-order valence-electron chi connectivity index (χ0n) is 12.1. The van der Waals surface area contributed by atoms with Crippen molar-refractivity contribution in [3.8, 4) is 0 Å². The number of carbonyl (C=O) groups excluding carboxylic acids is 1. The molecule has 0 radical (unpaired) electrons. The first-order chi connectivity index (χ1) is 10.3. The second-order valence-electron chi connectivity index (χ2n) is 5.40. The third-order valence-electron chi connectivity index (χ3n) is 3.67. The molecule has 1 heterocycles. The van der Waals surface area contributed by atoms with Crippen LogP contribution in [-0.2, 0) is 22.1 Å². The zero-order chi connectivity index (χ0) is 16.3. The zero-order valence-corrected chi connectivity index (χ0v) is 12.1. The Morgan fingerprint density at radius 3 is 2.55 bits per heavy atom. The van der Waals surface area contributed by atoms with Crippen molar-refractivity contribution >= 4 is 5.91 Å². The van der Waals surface area contributed by atoms with Gasteiger partial charge in [-0.1, -0.05) is 12.1 Å². The molecule has 1 aliphatic heterocycles. The molecule has 2 rings (SSSR count). The first-order valence-corrected chi connectivity index (χ1v) is 6.99.